The molecule has 1 aliphatic rings. The molecule has 92 valence electrons. The number of anilines is 1. The van der Waals surface area contributed by atoms with E-state index in [1.54, 1.807) is 25.2 Å². The van der Waals surface area contributed by atoms with Crippen LogP contribution in [0.1, 0.15) is 12.8 Å². The van der Waals surface area contributed by atoms with E-state index in [2.05, 4.69) is 25.8 Å². The minimum atomic E-state index is -0.0568. The minimum Gasteiger partial charge on any atom is -0.347 e. The topological polar surface area (TPSA) is 36.4 Å². The molecule has 1 amide bonds. The molecule has 0 spiro atoms. The third-order valence-electron chi connectivity index (χ3n) is 2.98. The molecule has 4 nitrogen and oxygen atoms in total. The summed E-state index contributed by atoms with van der Waals surface area (Å²) in [7, 11) is 3.60. The number of halogens is 1. The molecule has 1 saturated heterocycles. The smallest absolute Gasteiger partial charge is 0.244 e. The van der Waals surface area contributed by atoms with E-state index in [9.17, 15) is 4.79 Å². The van der Waals surface area contributed by atoms with Gasteiger partial charge in [-0.3, -0.25) is 4.79 Å². The van der Waals surface area contributed by atoms with Gasteiger partial charge in [-0.2, -0.15) is 0 Å². The molecule has 0 aromatic carbocycles. The van der Waals surface area contributed by atoms with Gasteiger partial charge in [0, 0.05) is 31.3 Å². The zero-order valence-electron chi connectivity index (χ0n) is 10.1. The summed E-state index contributed by atoms with van der Waals surface area (Å²) >= 11 is 3.37. The second-order valence-electron chi connectivity index (χ2n) is 4.42. The van der Waals surface area contributed by atoms with E-state index >= 15 is 0 Å². The molecule has 1 unspecified atom stereocenters. The van der Waals surface area contributed by atoms with Crippen molar-refractivity contribution in [3.8, 4) is 0 Å². The zero-order valence-corrected chi connectivity index (χ0v) is 11.6. The normalized spacial score (nSPS) is 19.5. The zero-order chi connectivity index (χ0) is 12.4. The molecule has 1 aromatic rings. The van der Waals surface area contributed by atoms with E-state index in [1.165, 1.54) is 0 Å². The van der Waals surface area contributed by atoms with Crippen LogP contribution in [0.25, 0.3) is 0 Å². The summed E-state index contributed by atoms with van der Waals surface area (Å²) in [6, 6.07) is 3.85. The first-order valence-corrected chi connectivity index (χ1v) is 6.48. The average Bonchev–Trinajstić information content (AvgIpc) is 2.77. The van der Waals surface area contributed by atoms with Crippen molar-refractivity contribution in [1.82, 2.24) is 9.88 Å². The first kappa shape index (κ1) is 12.4. The SMILES string of the molecule is CN(C)C(=O)C1CCCN1c1ccc(Br)cn1. The molecule has 0 N–H and O–H groups in total. The first-order valence-electron chi connectivity index (χ1n) is 5.69. The number of hydrogen-bond donors (Lipinski definition) is 0. The molecular formula is C12H16BrN3O. The number of pyridine rings is 1. The van der Waals surface area contributed by atoms with Gasteiger partial charge in [0.05, 0.1) is 0 Å². The fourth-order valence-electron chi connectivity index (χ4n) is 2.13. The Hall–Kier alpha value is -1.10. The monoisotopic (exact) mass is 297 g/mol. The van der Waals surface area contributed by atoms with Crippen LogP contribution in [0.3, 0.4) is 0 Å². The van der Waals surface area contributed by atoms with Gasteiger partial charge in [0.2, 0.25) is 5.91 Å². The number of amides is 1. The number of carbonyl (C=O) groups is 1. The number of likely N-dealkylation sites (N-methyl/N-ethyl adjacent to an activating group) is 1. The van der Waals surface area contributed by atoms with Gasteiger partial charge in [-0.05, 0) is 40.9 Å². The Kier molecular flexibility index (Phi) is 3.66. The maximum Gasteiger partial charge on any atom is 0.244 e. The van der Waals surface area contributed by atoms with Crippen LogP contribution in [-0.4, -0.2) is 42.5 Å². The Morgan fingerprint density at radius 3 is 2.88 bits per heavy atom. The van der Waals surface area contributed by atoms with Crippen LogP contribution >= 0.6 is 15.9 Å². The fourth-order valence-corrected chi connectivity index (χ4v) is 2.37. The van der Waals surface area contributed by atoms with Crippen molar-refractivity contribution >= 4 is 27.7 Å². The lowest BCUT2D eigenvalue weighted by molar-refractivity contribution is -0.129. The third-order valence-corrected chi connectivity index (χ3v) is 3.45. The highest BCUT2D eigenvalue weighted by Gasteiger charge is 2.32. The molecule has 2 rings (SSSR count). The molecular weight excluding hydrogens is 282 g/mol. The highest BCUT2D eigenvalue weighted by Crippen LogP contribution is 2.25. The van der Waals surface area contributed by atoms with Gasteiger partial charge >= 0.3 is 0 Å². The lowest BCUT2D eigenvalue weighted by atomic mass is 10.2. The fraction of sp³-hybridized carbons (Fsp3) is 0.500. The Balaban J connectivity index is 2.20. The van der Waals surface area contributed by atoms with Crippen LogP contribution in [0, 0.1) is 0 Å². The van der Waals surface area contributed by atoms with E-state index in [-0.39, 0.29) is 11.9 Å². The second-order valence-corrected chi connectivity index (χ2v) is 5.33. The van der Waals surface area contributed by atoms with Gasteiger partial charge in [-0.25, -0.2) is 4.98 Å². The maximum atomic E-state index is 12.0. The molecule has 0 aliphatic carbocycles. The first-order chi connectivity index (χ1) is 8.09. The van der Waals surface area contributed by atoms with Gasteiger partial charge in [0.25, 0.3) is 0 Å². The highest BCUT2D eigenvalue weighted by molar-refractivity contribution is 9.10. The summed E-state index contributed by atoms with van der Waals surface area (Å²) in [6.07, 6.45) is 3.72. The van der Waals surface area contributed by atoms with E-state index in [0.717, 1.165) is 29.7 Å². The number of hydrogen-bond acceptors (Lipinski definition) is 3. The largest absolute Gasteiger partial charge is 0.347 e. The van der Waals surface area contributed by atoms with Crippen molar-refractivity contribution in [2.75, 3.05) is 25.5 Å². The molecule has 1 aromatic heterocycles. The predicted octanol–water partition coefficient (Wildman–Crippen LogP) is 1.90. The molecule has 17 heavy (non-hydrogen) atoms. The van der Waals surface area contributed by atoms with Crippen molar-refractivity contribution in [3.63, 3.8) is 0 Å². The lowest BCUT2D eigenvalue weighted by Crippen LogP contribution is -2.43. The average molecular weight is 298 g/mol. The highest BCUT2D eigenvalue weighted by atomic mass is 79.9. The van der Waals surface area contributed by atoms with Crippen LogP contribution < -0.4 is 4.90 Å². The Morgan fingerprint density at radius 2 is 2.29 bits per heavy atom. The predicted molar refractivity (Wildman–Crippen MR) is 71.0 cm³/mol. The Morgan fingerprint density at radius 1 is 1.53 bits per heavy atom. The van der Waals surface area contributed by atoms with Gasteiger partial charge in [0.1, 0.15) is 11.9 Å². The van der Waals surface area contributed by atoms with Crippen molar-refractivity contribution in [2.45, 2.75) is 18.9 Å². The minimum absolute atomic E-state index is 0.0568. The molecule has 0 bridgehead atoms. The standard InChI is InChI=1S/C12H16BrN3O/c1-15(2)12(17)10-4-3-7-16(10)11-6-5-9(13)8-14-11/h5-6,8,10H,3-4,7H2,1-2H3. The summed E-state index contributed by atoms with van der Waals surface area (Å²) in [5.74, 6) is 1.04. The molecule has 1 aliphatic heterocycles. The van der Waals surface area contributed by atoms with Gasteiger partial charge in [-0.1, -0.05) is 0 Å². The second kappa shape index (κ2) is 5.04. The van der Waals surface area contributed by atoms with Crippen LogP contribution in [0.2, 0.25) is 0 Å². The van der Waals surface area contributed by atoms with E-state index < -0.39 is 0 Å². The van der Waals surface area contributed by atoms with Crippen molar-refractivity contribution in [3.05, 3.63) is 22.8 Å². The van der Waals surface area contributed by atoms with E-state index in [4.69, 9.17) is 0 Å². The number of aromatic nitrogens is 1. The van der Waals surface area contributed by atoms with E-state index in [0.29, 0.717) is 0 Å². The Labute approximate surface area is 110 Å². The number of carbonyl (C=O) groups excluding carboxylic acids is 1. The summed E-state index contributed by atoms with van der Waals surface area (Å²) in [5, 5.41) is 0. The van der Waals surface area contributed by atoms with Gasteiger partial charge in [0.15, 0.2) is 0 Å². The molecule has 0 radical (unpaired) electrons. The quantitative estimate of drug-likeness (QED) is 0.837. The van der Waals surface area contributed by atoms with Crippen molar-refractivity contribution in [1.29, 1.82) is 0 Å². The molecule has 1 atom stereocenters. The number of rotatable bonds is 2. The summed E-state index contributed by atoms with van der Waals surface area (Å²) in [6.45, 7) is 0.902. The van der Waals surface area contributed by atoms with E-state index in [1.807, 2.05) is 12.1 Å². The van der Waals surface area contributed by atoms with Gasteiger partial charge < -0.3 is 9.80 Å². The van der Waals surface area contributed by atoms with Crippen LogP contribution in [0.4, 0.5) is 5.82 Å². The Bertz CT molecular complexity index is 405. The number of nitrogens with zero attached hydrogens (tertiary/aromatic N) is 3. The summed E-state index contributed by atoms with van der Waals surface area (Å²) in [4.78, 5) is 20.2. The molecule has 5 heteroatoms. The van der Waals surface area contributed by atoms with Crippen LogP contribution in [-0.2, 0) is 4.79 Å². The molecule has 0 saturated carbocycles. The summed E-state index contributed by atoms with van der Waals surface area (Å²) in [5.41, 5.74) is 0. The van der Waals surface area contributed by atoms with Gasteiger partial charge in [-0.15, -0.1) is 0 Å². The summed E-state index contributed by atoms with van der Waals surface area (Å²) < 4.78 is 0.955. The van der Waals surface area contributed by atoms with Crippen LogP contribution in [0.5, 0.6) is 0 Å². The molecule has 2 heterocycles. The maximum absolute atomic E-state index is 12.0. The lowest BCUT2D eigenvalue weighted by Gasteiger charge is -2.27. The molecule has 1 fully saturated rings. The van der Waals surface area contributed by atoms with Crippen molar-refractivity contribution < 1.29 is 4.79 Å². The van der Waals surface area contributed by atoms with Crippen molar-refractivity contribution in [2.24, 2.45) is 0 Å². The van der Waals surface area contributed by atoms with Crippen LogP contribution in [0.15, 0.2) is 22.8 Å². The third kappa shape index (κ3) is 2.60.